The van der Waals surface area contributed by atoms with Crippen LogP contribution in [0, 0.1) is 0 Å². The van der Waals surface area contributed by atoms with Crippen molar-refractivity contribution < 1.29 is 14.3 Å². The van der Waals surface area contributed by atoms with Crippen molar-refractivity contribution in [3.05, 3.63) is 34.8 Å². The number of nitrogens with one attached hydrogen (secondary N) is 2. The Morgan fingerprint density at radius 2 is 2.09 bits per heavy atom. The van der Waals surface area contributed by atoms with Crippen LogP contribution in [0.25, 0.3) is 0 Å². The Balaban J connectivity index is 1.59. The molecule has 0 aromatic carbocycles. The van der Waals surface area contributed by atoms with E-state index in [1.807, 2.05) is 18.0 Å². The lowest BCUT2D eigenvalue weighted by atomic mass is 10.0. The van der Waals surface area contributed by atoms with Gasteiger partial charge in [0.15, 0.2) is 0 Å². The summed E-state index contributed by atoms with van der Waals surface area (Å²) in [5, 5.41) is 6.33. The Labute approximate surface area is 192 Å². The molecule has 1 aromatic heterocycles. The second-order valence-electron chi connectivity index (χ2n) is 8.06. The molecule has 1 aliphatic carbocycles. The first-order chi connectivity index (χ1) is 15.5. The quantitative estimate of drug-likeness (QED) is 0.618. The SMILES string of the molecule is CN1CCNC(=O)CCCCCOC2=C(Cl)C=C[C@@H](C2)N=CC2C(=O)Nc3ncnc1c32. The zero-order chi connectivity index (χ0) is 22.5. The lowest BCUT2D eigenvalue weighted by Crippen LogP contribution is -2.33. The van der Waals surface area contributed by atoms with Crippen molar-refractivity contribution in [3.8, 4) is 0 Å². The monoisotopic (exact) mass is 458 g/mol. The number of anilines is 2. The minimum absolute atomic E-state index is 0.0259. The van der Waals surface area contributed by atoms with Gasteiger partial charge >= 0.3 is 0 Å². The van der Waals surface area contributed by atoms with E-state index >= 15 is 0 Å². The number of hydrogen-bond acceptors (Lipinski definition) is 7. The van der Waals surface area contributed by atoms with Crippen LogP contribution in [0.5, 0.6) is 0 Å². The van der Waals surface area contributed by atoms with E-state index < -0.39 is 5.92 Å². The summed E-state index contributed by atoms with van der Waals surface area (Å²) < 4.78 is 5.89. The molecule has 0 spiro atoms. The number of fused-ring (bicyclic) bond motifs is 2. The third-order valence-corrected chi connectivity index (χ3v) is 6.04. The Bertz CT molecular complexity index is 976. The fourth-order valence-electron chi connectivity index (χ4n) is 3.93. The first-order valence-electron chi connectivity index (χ1n) is 10.9. The number of likely N-dealkylation sites (N-methyl/N-ethyl adjacent to an activating group) is 1. The number of halogens is 1. The van der Waals surface area contributed by atoms with Crippen LogP contribution in [0.1, 0.15) is 43.6 Å². The van der Waals surface area contributed by atoms with Crippen LogP contribution in [-0.4, -0.2) is 60.8 Å². The molecular formula is C22H27ClN6O3. The number of rotatable bonds is 0. The highest BCUT2D eigenvalue weighted by molar-refractivity contribution is 6.31. The van der Waals surface area contributed by atoms with Gasteiger partial charge in [0.05, 0.1) is 23.2 Å². The average molecular weight is 459 g/mol. The van der Waals surface area contributed by atoms with E-state index in [0.29, 0.717) is 60.5 Å². The summed E-state index contributed by atoms with van der Waals surface area (Å²) in [7, 11) is 1.88. The normalized spacial score (nSPS) is 24.6. The number of allylic oxidation sites excluding steroid dienone is 2. The summed E-state index contributed by atoms with van der Waals surface area (Å²) >= 11 is 6.31. The van der Waals surface area contributed by atoms with Crippen molar-refractivity contribution >= 4 is 41.3 Å². The highest BCUT2D eigenvalue weighted by atomic mass is 35.5. The van der Waals surface area contributed by atoms with Crippen molar-refractivity contribution in [2.75, 3.05) is 37.0 Å². The first-order valence-corrected chi connectivity index (χ1v) is 11.3. The predicted molar refractivity (Wildman–Crippen MR) is 123 cm³/mol. The van der Waals surface area contributed by atoms with Crippen LogP contribution in [0.3, 0.4) is 0 Å². The summed E-state index contributed by atoms with van der Waals surface area (Å²) in [5.74, 6) is 1.07. The first kappa shape index (κ1) is 22.3. The molecule has 10 heteroatoms. The fourth-order valence-corrected chi connectivity index (χ4v) is 4.14. The van der Waals surface area contributed by atoms with Gasteiger partial charge in [-0.05, 0) is 25.3 Å². The molecule has 9 nitrogen and oxygen atoms in total. The minimum atomic E-state index is -0.598. The second-order valence-corrected chi connectivity index (χ2v) is 8.46. The van der Waals surface area contributed by atoms with Crippen LogP contribution < -0.4 is 15.5 Å². The lowest BCUT2D eigenvalue weighted by molar-refractivity contribution is -0.121. The van der Waals surface area contributed by atoms with Gasteiger partial charge in [-0.1, -0.05) is 17.7 Å². The molecule has 2 bridgehead atoms. The third kappa shape index (κ3) is 5.09. The van der Waals surface area contributed by atoms with Gasteiger partial charge in [-0.25, -0.2) is 9.97 Å². The maximum Gasteiger partial charge on any atom is 0.238 e. The molecule has 170 valence electrons. The summed E-state index contributed by atoms with van der Waals surface area (Å²) in [6.45, 7) is 1.58. The molecule has 2 atom stereocenters. The van der Waals surface area contributed by atoms with Gasteiger partial charge in [0.25, 0.3) is 0 Å². The van der Waals surface area contributed by atoms with Gasteiger partial charge in [-0.3, -0.25) is 14.6 Å². The Kier molecular flexibility index (Phi) is 7.04. The zero-order valence-corrected chi connectivity index (χ0v) is 18.8. The number of ether oxygens (including phenoxy) is 1. The van der Waals surface area contributed by atoms with Gasteiger partial charge in [-0.2, -0.15) is 0 Å². The van der Waals surface area contributed by atoms with Crippen molar-refractivity contribution in [1.29, 1.82) is 0 Å². The highest BCUT2D eigenvalue weighted by Crippen LogP contribution is 2.36. The topological polar surface area (TPSA) is 109 Å². The van der Waals surface area contributed by atoms with Crippen LogP contribution in [-0.2, 0) is 14.3 Å². The maximum absolute atomic E-state index is 12.7. The summed E-state index contributed by atoms with van der Waals surface area (Å²) in [5.41, 5.74) is 0.692. The van der Waals surface area contributed by atoms with E-state index in [-0.39, 0.29) is 17.9 Å². The smallest absolute Gasteiger partial charge is 0.238 e. The predicted octanol–water partition coefficient (Wildman–Crippen LogP) is 2.50. The van der Waals surface area contributed by atoms with Crippen LogP contribution in [0.2, 0.25) is 0 Å². The van der Waals surface area contributed by atoms with E-state index in [0.717, 1.165) is 19.3 Å². The van der Waals surface area contributed by atoms with Crippen molar-refractivity contribution in [2.45, 2.75) is 44.1 Å². The van der Waals surface area contributed by atoms with Gasteiger partial charge in [0, 0.05) is 39.2 Å². The molecule has 0 saturated carbocycles. The zero-order valence-electron chi connectivity index (χ0n) is 18.0. The van der Waals surface area contributed by atoms with Crippen LogP contribution in [0.4, 0.5) is 11.6 Å². The fraction of sp³-hybridized carbons (Fsp3) is 0.500. The third-order valence-electron chi connectivity index (χ3n) is 5.71. The Morgan fingerprint density at radius 1 is 1.22 bits per heavy atom. The summed E-state index contributed by atoms with van der Waals surface area (Å²) in [6.07, 6.45) is 10.4. The van der Waals surface area contributed by atoms with Gasteiger partial charge < -0.3 is 20.3 Å². The molecule has 0 fully saturated rings. The number of aliphatic imine (C=N–C) groups is 1. The van der Waals surface area contributed by atoms with Gasteiger partial charge in [0.1, 0.15) is 29.6 Å². The average Bonchev–Trinajstić information content (AvgIpc) is 3.10. The Hall–Kier alpha value is -2.94. The van der Waals surface area contributed by atoms with E-state index in [9.17, 15) is 9.59 Å². The molecule has 1 aromatic rings. The van der Waals surface area contributed by atoms with Crippen molar-refractivity contribution in [1.82, 2.24) is 15.3 Å². The maximum atomic E-state index is 12.7. The summed E-state index contributed by atoms with van der Waals surface area (Å²) in [4.78, 5) is 40.0. The Morgan fingerprint density at radius 3 is 2.97 bits per heavy atom. The van der Waals surface area contributed by atoms with E-state index in [1.54, 1.807) is 12.3 Å². The van der Waals surface area contributed by atoms with Crippen LogP contribution in [0.15, 0.2) is 34.3 Å². The van der Waals surface area contributed by atoms with Gasteiger partial charge in [-0.15, -0.1) is 0 Å². The molecule has 2 amide bonds. The second kappa shape index (κ2) is 10.1. The highest BCUT2D eigenvalue weighted by Gasteiger charge is 2.35. The largest absolute Gasteiger partial charge is 0.496 e. The van der Waals surface area contributed by atoms with Crippen LogP contribution >= 0.6 is 11.6 Å². The van der Waals surface area contributed by atoms with Crippen molar-refractivity contribution in [3.63, 3.8) is 0 Å². The molecule has 0 radical (unpaired) electrons. The number of nitrogens with zero attached hydrogens (tertiary/aromatic N) is 4. The van der Waals surface area contributed by atoms with E-state index in [2.05, 4.69) is 25.6 Å². The molecule has 32 heavy (non-hydrogen) atoms. The van der Waals surface area contributed by atoms with Crippen molar-refractivity contribution in [2.24, 2.45) is 4.99 Å². The molecular weight excluding hydrogens is 432 g/mol. The standard InChI is InChI=1S/C22H27ClN6O3/c1-29-9-8-24-18(30)5-3-2-4-10-32-17-11-14(6-7-16(17)23)25-12-15-19-20(28-22(15)31)26-13-27-21(19)29/h6-7,12-15H,2-5,8-11H2,1H3,(H,24,30)(H,26,27,28,31)/t14-,15?/m0/s1. The number of carbonyl (C=O) groups is 2. The minimum Gasteiger partial charge on any atom is -0.496 e. The number of amides is 2. The number of aromatic nitrogens is 2. The number of hydrogen-bond donors (Lipinski definition) is 2. The molecule has 2 N–H and O–H groups in total. The van der Waals surface area contributed by atoms with E-state index in [1.165, 1.54) is 6.33 Å². The molecule has 4 rings (SSSR count). The number of carbonyl (C=O) groups excluding carboxylic acids is 2. The summed E-state index contributed by atoms with van der Waals surface area (Å²) in [6, 6.07) is -0.168. The van der Waals surface area contributed by atoms with Gasteiger partial charge in [0.2, 0.25) is 11.8 Å². The lowest BCUT2D eigenvalue weighted by Gasteiger charge is -2.21. The molecule has 2 aliphatic heterocycles. The molecule has 1 unspecified atom stereocenters. The molecule has 0 saturated heterocycles. The molecule has 3 aliphatic rings. The van der Waals surface area contributed by atoms with E-state index in [4.69, 9.17) is 16.3 Å². The molecule has 3 heterocycles.